The second kappa shape index (κ2) is 6.09. The molecule has 2 N–H and O–H groups in total. The van der Waals surface area contributed by atoms with E-state index in [1.165, 1.54) is 12.1 Å². The van der Waals surface area contributed by atoms with Crippen LogP contribution in [0.4, 0.5) is 10.1 Å². The first-order valence-electron chi connectivity index (χ1n) is 6.01. The van der Waals surface area contributed by atoms with E-state index in [1.807, 2.05) is 13.8 Å². The molecular formula is C14H14BrFN2O2. The van der Waals surface area contributed by atoms with Crippen LogP contribution < -0.4 is 15.2 Å². The maximum absolute atomic E-state index is 13.3. The molecule has 0 aliphatic rings. The van der Waals surface area contributed by atoms with Crippen LogP contribution >= 0.6 is 15.9 Å². The number of nitrogens with zero attached hydrogens (tertiary/aromatic N) is 1. The van der Waals surface area contributed by atoms with E-state index < -0.39 is 5.82 Å². The molecule has 0 bridgehead atoms. The standard InChI is InChI=1S/C14H14BrFN2O2/c1-8(2)19-14-12(17)3-4-13(18-14)20-11-6-9(15)5-10(16)7-11/h3-8H,17H2,1-2H3. The fourth-order valence-electron chi connectivity index (χ4n) is 1.52. The zero-order valence-corrected chi connectivity index (χ0v) is 12.6. The molecule has 1 heterocycles. The minimum atomic E-state index is -0.400. The van der Waals surface area contributed by atoms with Gasteiger partial charge in [0.2, 0.25) is 11.8 Å². The van der Waals surface area contributed by atoms with E-state index in [9.17, 15) is 4.39 Å². The third kappa shape index (κ3) is 3.84. The first-order valence-corrected chi connectivity index (χ1v) is 6.80. The molecule has 2 rings (SSSR count). The Kier molecular flexibility index (Phi) is 4.44. The smallest absolute Gasteiger partial charge is 0.240 e. The SMILES string of the molecule is CC(C)Oc1nc(Oc2cc(F)cc(Br)c2)ccc1N. The van der Waals surface area contributed by atoms with Gasteiger partial charge in [0.25, 0.3) is 0 Å². The topological polar surface area (TPSA) is 57.4 Å². The van der Waals surface area contributed by atoms with Crippen LogP contribution in [0.2, 0.25) is 0 Å². The number of anilines is 1. The highest BCUT2D eigenvalue weighted by Crippen LogP contribution is 2.28. The van der Waals surface area contributed by atoms with Crippen LogP contribution in [0, 0.1) is 5.82 Å². The molecule has 0 spiro atoms. The number of hydrogen-bond donors (Lipinski definition) is 1. The largest absolute Gasteiger partial charge is 0.473 e. The van der Waals surface area contributed by atoms with Gasteiger partial charge in [-0.2, -0.15) is 4.98 Å². The summed E-state index contributed by atoms with van der Waals surface area (Å²) in [6.07, 6.45) is -0.0524. The van der Waals surface area contributed by atoms with E-state index in [0.717, 1.165) is 0 Å². The second-order valence-corrected chi connectivity index (χ2v) is 5.33. The van der Waals surface area contributed by atoms with E-state index in [0.29, 0.717) is 21.8 Å². The Morgan fingerprint density at radius 1 is 1.25 bits per heavy atom. The van der Waals surface area contributed by atoms with Crippen LogP contribution in [0.25, 0.3) is 0 Å². The Labute approximate surface area is 124 Å². The van der Waals surface area contributed by atoms with Crippen molar-refractivity contribution in [1.82, 2.24) is 4.98 Å². The molecule has 0 unspecified atom stereocenters. The number of aromatic nitrogens is 1. The minimum absolute atomic E-state index is 0.0524. The molecule has 1 aromatic carbocycles. The summed E-state index contributed by atoms with van der Waals surface area (Å²) in [7, 11) is 0. The van der Waals surface area contributed by atoms with Gasteiger partial charge >= 0.3 is 0 Å². The van der Waals surface area contributed by atoms with Gasteiger partial charge < -0.3 is 15.2 Å². The molecule has 0 amide bonds. The lowest BCUT2D eigenvalue weighted by molar-refractivity contribution is 0.232. The average molecular weight is 341 g/mol. The number of rotatable bonds is 4. The summed E-state index contributed by atoms with van der Waals surface area (Å²) >= 11 is 3.20. The summed E-state index contributed by atoms with van der Waals surface area (Å²) in [6.45, 7) is 3.75. The second-order valence-electron chi connectivity index (χ2n) is 4.42. The van der Waals surface area contributed by atoms with Gasteiger partial charge in [-0.25, -0.2) is 4.39 Å². The highest BCUT2D eigenvalue weighted by atomic mass is 79.9. The summed E-state index contributed by atoms with van der Waals surface area (Å²) in [5.41, 5.74) is 6.19. The molecule has 0 aliphatic carbocycles. The van der Waals surface area contributed by atoms with Crippen molar-refractivity contribution in [1.29, 1.82) is 0 Å². The number of halogens is 2. The minimum Gasteiger partial charge on any atom is -0.473 e. The van der Waals surface area contributed by atoms with Crippen LogP contribution in [0.15, 0.2) is 34.8 Å². The molecule has 0 aliphatic heterocycles. The molecule has 1 aromatic heterocycles. The van der Waals surface area contributed by atoms with E-state index in [1.54, 1.807) is 18.2 Å². The van der Waals surface area contributed by atoms with Crippen molar-refractivity contribution < 1.29 is 13.9 Å². The highest BCUT2D eigenvalue weighted by molar-refractivity contribution is 9.10. The van der Waals surface area contributed by atoms with Gasteiger partial charge in [0.1, 0.15) is 11.6 Å². The molecule has 6 heteroatoms. The molecular weight excluding hydrogens is 327 g/mol. The Bertz CT molecular complexity index is 600. The van der Waals surface area contributed by atoms with Gasteiger partial charge in [0, 0.05) is 16.6 Å². The van der Waals surface area contributed by atoms with Gasteiger partial charge in [-0.1, -0.05) is 15.9 Å². The van der Waals surface area contributed by atoms with E-state index in [4.69, 9.17) is 15.2 Å². The average Bonchev–Trinajstić information content (AvgIpc) is 2.31. The third-order valence-corrected chi connectivity index (χ3v) is 2.73. The quantitative estimate of drug-likeness (QED) is 0.908. The van der Waals surface area contributed by atoms with Gasteiger partial charge in [0.05, 0.1) is 11.8 Å². The van der Waals surface area contributed by atoms with E-state index in [-0.39, 0.29) is 12.0 Å². The maximum atomic E-state index is 13.3. The van der Waals surface area contributed by atoms with E-state index >= 15 is 0 Å². The van der Waals surface area contributed by atoms with Crippen molar-refractivity contribution in [2.75, 3.05) is 5.73 Å². The Hall–Kier alpha value is -1.82. The molecule has 0 fully saturated rings. The molecule has 4 nitrogen and oxygen atoms in total. The van der Waals surface area contributed by atoms with Gasteiger partial charge in [-0.3, -0.25) is 0 Å². The Balaban J connectivity index is 2.25. The fourth-order valence-corrected chi connectivity index (χ4v) is 1.96. The first kappa shape index (κ1) is 14.6. The van der Waals surface area contributed by atoms with Crippen LogP contribution in [-0.2, 0) is 0 Å². The number of ether oxygens (including phenoxy) is 2. The number of nitrogen functional groups attached to an aromatic ring is 1. The molecule has 0 radical (unpaired) electrons. The van der Waals surface area contributed by atoms with Gasteiger partial charge in [0.15, 0.2) is 0 Å². The van der Waals surface area contributed by atoms with Crippen molar-refractivity contribution >= 4 is 21.6 Å². The van der Waals surface area contributed by atoms with Crippen molar-refractivity contribution in [3.05, 3.63) is 40.6 Å². The summed E-state index contributed by atoms with van der Waals surface area (Å²) in [6, 6.07) is 7.49. The fraction of sp³-hybridized carbons (Fsp3) is 0.214. The number of benzene rings is 1. The normalized spacial score (nSPS) is 10.7. The zero-order chi connectivity index (χ0) is 14.7. The lowest BCUT2D eigenvalue weighted by Crippen LogP contribution is -2.09. The highest BCUT2D eigenvalue weighted by Gasteiger charge is 2.09. The first-order chi connectivity index (χ1) is 9.44. The summed E-state index contributed by atoms with van der Waals surface area (Å²) < 4.78 is 24.8. The molecule has 106 valence electrons. The lowest BCUT2D eigenvalue weighted by Gasteiger charge is -2.12. The lowest BCUT2D eigenvalue weighted by atomic mass is 10.3. The van der Waals surface area contributed by atoms with Crippen LogP contribution in [0.1, 0.15) is 13.8 Å². The van der Waals surface area contributed by atoms with Crippen molar-refractivity contribution in [3.8, 4) is 17.5 Å². The Morgan fingerprint density at radius 3 is 2.65 bits per heavy atom. The third-order valence-electron chi connectivity index (χ3n) is 2.27. The summed E-state index contributed by atoms with van der Waals surface area (Å²) in [4.78, 5) is 4.16. The van der Waals surface area contributed by atoms with E-state index in [2.05, 4.69) is 20.9 Å². The van der Waals surface area contributed by atoms with Gasteiger partial charge in [-0.15, -0.1) is 0 Å². The van der Waals surface area contributed by atoms with Crippen LogP contribution in [0.5, 0.6) is 17.5 Å². The maximum Gasteiger partial charge on any atom is 0.240 e. The van der Waals surface area contributed by atoms with Crippen LogP contribution in [-0.4, -0.2) is 11.1 Å². The monoisotopic (exact) mass is 340 g/mol. The predicted molar refractivity (Wildman–Crippen MR) is 78.6 cm³/mol. The molecule has 0 atom stereocenters. The molecule has 2 aromatic rings. The number of nitrogens with two attached hydrogens (primary N) is 1. The predicted octanol–water partition coefficient (Wildman–Crippen LogP) is 4.14. The summed E-state index contributed by atoms with van der Waals surface area (Å²) in [5, 5.41) is 0. The molecule has 0 saturated carbocycles. The molecule has 0 saturated heterocycles. The molecule has 20 heavy (non-hydrogen) atoms. The van der Waals surface area contributed by atoms with Crippen LogP contribution in [0.3, 0.4) is 0 Å². The van der Waals surface area contributed by atoms with Crippen molar-refractivity contribution in [2.24, 2.45) is 0 Å². The zero-order valence-electron chi connectivity index (χ0n) is 11.1. The number of hydrogen-bond acceptors (Lipinski definition) is 4. The van der Waals surface area contributed by atoms with Crippen molar-refractivity contribution in [2.45, 2.75) is 20.0 Å². The van der Waals surface area contributed by atoms with Crippen molar-refractivity contribution in [3.63, 3.8) is 0 Å². The number of pyridine rings is 1. The van der Waals surface area contributed by atoms with Gasteiger partial charge in [-0.05, 0) is 32.0 Å². The Morgan fingerprint density at radius 2 is 2.00 bits per heavy atom. The summed E-state index contributed by atoms with van der Waals surface area (Å²) in [5.74, 6) is 0.522.